The van der Waals surface area contributed by atoms with Crippen LogP contribution < -0.4 is 0 Å². The van der Waals surface area contributed by atoms with Crippen molar-refractivity contribution in [3.05, 3.63) is 78.9 Å². The minimum atomic E-state index is 0.285. The zero-order valence-corrected chi connectivity index (χ0v) is 10.6. The number of hydrogen-bond acceptors (Lipinski definition) is 1. The number of rotatable bonds is 2. The Morgan fingerprint density at radius 1 is 1.00 bits per heavy atom. The van der Waals surface area contributed by atoms with Gasteiger partial charge in [0.15, 0.2) is 0 Å². The van der Waals surface area contributed by atoms with Gasteiger partial charge >= 0.3 is 0 Å². The number of hydrogen-bond donors (Lipinski definition) is 1. The van der Waals surface area contributed by atoms with Gasteiger partial charge < -0.3 is 5.11 Å². The summed E-state index contributed by atoms with van der Waals surface area (Å²) in [4.78, 5) is 0. The number of phenols is 1. The van der Waals surface area contributed by atoms with Gasteiger partial charge in [0.2, 0.25) is 0 Å². The first kappa shape index (κ1) is 13.8. The van der Waals surface area contributed by atoms with Crippen LogP contribution in [0.3, 0.4) is 0 Å². The molecule has 0 aliphatic carbocycles. The first-order chi connectivity index (χ1) is 8.65. The molecule has 0 bridgehead atoms. The standard InChI is InChI=1S/C9H10.C8H8O/c1-8(2)9-6-4-3-5-7-9;1-2-7-5-3-4-6-8(7)9/h3-7H,1H2,2H3;2-6,9H,1H2. The molecule has 0 saturated carbocycles. The molecule has 0 amide bonds. The van der Waals surface area contributed by atoms with Gasteiger partial charge in [0.1, 0.15) is 5.75 Å². The monoisotopic (exact) mass is 238 g/mol. The van der Waals surface area contributed by atoms with Crippen LogP contribution in [0.25, 0.3) is 11.6 Å². The Morgan fingerprint density at radius 3 is 1.94 bits per heavy atom. The molecule has 0 aromatic heterocycles. The van der Waals surface area contributed by atoms with E-state index in [1.165, 1.54) is 5.56 Å². The van der Waals surface area contributed by atoms with Crippen molar-refractivity contribution in [1.29, 1.82) is 0 Å². The predicted molar refractivity (Wildman–Crippen MR) is 79.3 cm³/mol. The van der Waals surface area contributed by atoms with Crippen LogP contribution in [0.4, 0.5) is 0 Å². The van der Waals surface area contributed by atoms with Crippen molar-refractivity contribution < 1.29 is 5.11 Å². The third-order valence-electron chi connectivity index (χ3n) is 2.42. The van der Waals surface area contributed by atoms with Gasteiger partial charge in [-0.15, -0.1) is 0 Å². The molecular weight excluding hydrogens is 220 g/mol. The SMILES string of the molecule is C=C(C)c1ccccc1.C=Cc1ccccc1O. The second-order valence-corrected chi connectivity index (χ2v) is 3.91. The molecule has 0 heterocycles. The molecule has 0 fully saturated rings. The Labute approximate surface area is 109 Å². The first-order valence-electron chi connectivity index (χ1n) is 5.76. The molecule has 1 N–H and O–H groups in total. The van der Waals surface area contributed by atoms with Crippen molar-refractivity contribution in [2.24, 2.45) is 0 Å². The van der Waals surface area contributed by atoms with Gasteiger partial charge in [-0.25, -0.2) is 0 Å². The van der Waals surface area contributed by atoms with Crippen LogP contribution in [0.2, 0.25) is 0 Å². The Hall–Kier alpha value is -2.28. The zero-order valence-electron chi connectivity index (χ0n) is 10.6. The Kier molecular flexibility index (Phi) is 5.46. The highest BCUT2D eigenvalue weighted by atomic mass is 16.3. The summed E-state index contributed by atoms with van der Waals surface area (Å²) in [6, 6.07) is 17.2. The fraction of sp³-hybridized carbons (Fsp3) is 0.0588. The molecule has 0 saturated heterocycles. The summed E-state index contributed by atoms with van der Waals surface area (Å²) < 4.78 is 0. The zero-order chi connectivity index (χ0) is 13.4. The highest BCUT2D eigenvalue weighted by molar-refractivity contribution is 5.60. The molecule has 2 aromatic carbocycles. The number of allylic oxidation sites excluding steroid dienone is 1. The first-order valence-corrected chi connectivity index (χ1v) is 5.76. The maximum Gasteiger partial charge on any atom is 0.122 e. The molecule has 0 atom stereocenters. The van der Waals surface area contributed by atoms with E-state index in [9.17, 15) is 0 Å². The second-order valence-electron chi connectivity index (χ2n) is 3.91. The lowest BCUT2D eigenvalue weighted by Gasteiger charge is -1.94. The van der Waals surface area contributed by atoms with E-state index in [0.29, 0.717) is 0 Å². The number of phenolic OH excluding ortho intramolecular Hbond substituents is 1. The average Bonchev–Trinajstić information content (AvgIpc) is 2.41. The summed E-state index contributed by atoms with van der Waals surface area (Å²) in [5, 5.41) is 9.04. The van der Waals surface area contributed by atoms with Gasteiger partial charge in [-0.05, 0) is 18.6 Å². The number of benzene rings is 2. The maximum absolute atomic E-state index is 9.04. The van der Waals surface area contributed by atoms with Crippen LogP contribution in [0.15, 0.2) is 67.8 Å². The molecule has 0 aliphatic heterocycles. The van der Waals surface area contributed by atoms with Crippen LogP contribution in [0.1, 0.15) is 18.1 Å². The largest absolute Gasteiger partial charge is 0.507 e. The topological polar surface area (TPSA) is 20.2 Å². The average molecular weight is 238 g/mol. The van der Waals surface area contributed by atoms with Crippen LogP contribution >= 0.6 is 0 Å². The van der Waals surface area contributed by atoms with Gasteiger partial charge in [-0.1, -0.05) is 73.3 Å². The molecule has 2 aromatic rings. The van der Waals surface area contributed by atoms with Gasteiger partial charge in [-0.2, -0.15) is 0 Å². The highest BCUT2D eigenvalue weighted by Crippen LogP contribution is 2.15. The van der Waals surface area contributed by atoms with Crippen molar-refractivity contribution in [3.63, 3.8) is 0 Å². The Balaban J connectivity index is 0.000000180. The lowest BCUT2D eigenvalue weighted by molar-refractivity contribution is 0.474. The summed E-state index contributed by atoms with van der Waals surface area (Å²) in [5.41, 5.74) is 3.12. The van der Waals surface area contributed by atoms with Gasteiger partial charge in [0.05, 0.1) is 0 Å². The quantitative estimate of drug-likeness (QED) is 0.800. The third-order valence-corrected chi connectivity index (χ3v) is 2.42. The molecule has 0 unspecified atom stereocenters. The molecule has 1 nitrogen and oxygen atoms in total. The van der Waals surface area contributed by atoms with E-state index in [2.05, 4.69) is 25.3 Å². The summed E-state index contributed by atoms with van der Waals surface area (Å²) in [7, 11) is 0. The van der Waals surface area contributed by atoms with E-state index in [4.69, 9.17) is 5.11 Å². The van der Waals surface area contributed by atoms with E-state index in [1.807, 2.05) is 37.3 Å². The van der Waals surface area contributed by atoms with E-state index in [0.717, 1.165) is 11.1 Å². The molecule has 1 heteroatoms. The number of aromatic hydroxyl groups is 1. The Morgan fingerprint density at radius 2 is 1.56 bits per heavy atom. The molecular formula is C17H18O. The van der Waals surface area contributed by atoms with E-state index in [-0.39, 0.29) is 5.75 Å². The lowest BCUT2D eigenvalue weighted by atomic mass is 10.1. The summed E-state index contributed by atoms with van der Waals surface area (Å²) in [6.07, 6.45) is 1.62. The van der Waals surface area contributed by atoms with Crippen molar-refractivity contribution in [2.75, 3.05) is 0 Å². The maximum atomic E-state index is 9.04. The molecule has 0 spiro atoms. The third kappa shape index (κ3) is 4.30. The van der Waals surface area contributed by atoms with Gasteiger partial charge in [0, 0.05) is 5.56 Å². The van der Waals surface area contributed by atoms with Crippen LogP contribution in [-0.2, 0) is 0 Å². The van der Waals surface area contributed by atoms with Crippen molar-refractivity contribution >= 4 is 11.6 Å². The normalized spacial score (nSPS) is 8.94. The molecule has 0 radical (unpaired) electrons. The fourth-order valence-electron chi connectivity index (χ4n) is 1.38. The minimum Gasteiger partial charge on any atom is -0.507 e. The van der Waals surface area contributed by atoms with Crippen LogP contribution in [0.5, 0.6) is 5.75 Å². The second kappa shape index (κ2) is 7.13. The van der Waals surface area contributed by atoms with Crippen LogP contribution in [0, 0.1) is 0 Å². The summed E-state index contributed by atoms with van der Waals surface area (Å²) in [6.45, 7) is 9.37. The Bertz CT molecular complexity index is 512. The van der Waals surface area contributed by atoms with Crippen molar-refractivity contribution in [1.82, 2.24) is 0 Å². The lowest BCUT2D eigenvalue weighted by Crippen LogP contribution is -1.72. The van der Waals surface area contributed by atoms with Gasteiger partial charge in [-0.3, -0.25) is 0 Å². The molecule has 18 heavy (non-hydrogen) atoms. The van der Waals surface area contributed by atoms with E-state index in [1.54, 1.807) is 18.2 Å². The summed E-state index contributed by atoms with van der Waals surface area (Å²) >= 11 is 0. The molecule has 2 rings (SSSR count). The fourth-order valence-corrected chi connectivity index (χ4v) is 1.38. The highest BCUT2D eigenvalue weighted by Gasteiger charge is 1.89. The minimum absolute atomic E-state index is 0.285. The van der Waals surface area contributed by atoms with E-state index < -0.39 is 0 Å². The van der Waals surface area contributed by atoms with Crippen LogP contribution in [-0.4, -0.2) is 5.11 Å². The van der Waals surface area contributed by atoms with E-state index >= 15 is 0 Å². The van der Waals surface area contributed by atoms with Crippen molar-refractivity contribution in [3.8, 4) is 5.75 Å². The smallest absolute Gasteiger partial charge is 0.122 e. The van der Waals surface area contributed by atoms with Crippen molar-refractivity contribution in [2.45, 2.75) is 6.92 Å². The predicted octanol–water partition coefficient (Wildman–Crippen LogP) is 4.75. The molecule has 92 valence electrons. The van der Waals surface area contributed by atoms with Gasteiger partial charge in [0.25, 0.3) is 0 Å². The molecule has 0 aliphatic rings. The number of para-hydroxylation sites is 1. The summed E-state index contributed by atoms with van der Waals surface area (Å²) in [5.74, 6) is 0.285.